The Morgan fingerprint density at radius 3 is 3.00 bits per heavy atom. The maximum absolute atomic E-state index is 13.9. The van der Waals surface area contributed by atoms with E-state index in [1.807, 2.05) is 13.8 Å². The monoisotopic (exact) mass is 267 g/mol. The van der Waals surface area contributed by atoms with E-state index in [-0.39, 0.29) is 23.7 Å². The predicted octanol–water partition coefficient (Wildman–Crippen LogP) is 3.09. The van der Waals surface area contributed by atoms with Crippen molar-refractivity contribution in [2.24, 2.45) is 0 Å². The first-order chi connectivity index (χ1) is 9.11. The quantitative estimate of drug-likeness (QED) is 0.910. The summed E-state index contributed by atoms with van der Waals surface area (Å²) < 4.78 is 19.6. The van der Waals surface area contributed by atoms with Crippen LogP contribution in [0.25, 0.3) is 0 Å². The van der Waals surface area contributed by atoms with Gasteiger partial charge in [-0.25, -0.2) is 4.39 Å². The first-order valence-electron chi connectivity index (χ1n) is 6.96. The Hall–Kier alpha value is -1.13. The van der Waals surface area contributed by atoms with Gasteiger partial charge in [-0.2, -0.15) is 0 Å². The van der Waals surface area contributed by atoms with E-state index in [2.05, 4.69) is 4.90 Å². The number of nitrogens with zero attached hydrogens (tertiary/aromatic N) is 1. The van der Waals surface area contributed by atoms with E-state index in [1.54, 1.807) is 12.1 Å². The first kappa shape index (κ1) is 14.3. The summed E-state index contributed by atoms with van der Waals surface area (Å²) in [6, 6.07) is 4.39. The molecule has 2 rings (SSSR count). The second kappa shape index (κ2) is 6.35. The number of aromatic hydroxyl groups is 1. The van der Waals surface area contributed by atoms with E-state index in [4.69, 9.17) is 4.74 Å². The Labute approximate surface area is 114 Å². The van der Waals surface area contributed by atoms with Crippen LogP contribution in [0, 0.1) is 5.82 Å². The number of hydrogen-bond acceptors (Lipinski definition) is 3. The van der Waals surface area contributed by atoms with Gasteiger partial charge in [-0.1, -0.05) is 6.07 Å². The molecule has 1 aromatic carbocycles. The Bertz CT molecular complexity index is 423. The molecule has 0 bridgehead atoms. The van der Waals surface area contributed by atoms with Crippen LogP contribution in [0.15, 0.2) is 18.2 Å². The molecule has 1 saturated heterocycles. The van der Waals surface area contributed by atoms with Gasteiger partial charge < -0.3 is 9.84 Å². The second-order valence-corrected chi connectivity index (χ2v) is 5.10. The number of phenolic OH excluding ortho intramolecular Hbond substituents is 1. The van der Waals surface area contributed by atoms with Crippen molar-refractivity contribution >= 4 is 0 Å². The van der Waals surface area contributed by atoms with Crippen molar-refractivity contribution < 1.29 is 14.2 Å². The molecule has 1 aliphatic rings. The van der Waals surface area contributed by atoms with Gasteiger partial charge in [0.25, 0.3) is 0 Å². The van der Waals surface area contributed by atoms with Crippen LogP contribution in [0.1, 0.15) is 38.3 Å². The van der Waals surface area contributed by atoms with Crippen LogP contribution in [0.4, 0.5) is 4.39 Å². The topological polar surface area (TPSA) is 32.7 Å². The number of ether oxygens (including phenoxy) is 1. The van der Waals surface area contributed by atoms with Crippen LogP contribution in [-0.4, -0.2) is 35.8 Å². The second-order valence-electron chi connectivity index (χ2n) is 5.10. The minimum atomic E-state index is -0.342. The summed E-state index contributed by atoms with van der Waals surface area (Å²) in [6.07, 6.45) is 2.41. The average Bonchev–Trinajstić information content (AvgIpc) is 2.39. The van der Waals surface area contributed by atoms with E-state index in [0.29, 0.717) is 5.56 Å². The van der Waals surface area contributed by atoms with Crippen LogP contribution < -0.4 is 0 Å². The molecule has 0 radical (unpaired) electrons. The third kappa shape index (κ3) is 3.45. The van der Waals surface area contributed by atoms with Crippen LogP contribution in [0.5, 0.6) is 5.75 Å². The Morgan fingerprint density at radius 1 is 1.53 bits per heavy atom. The molecule has 2 atom stereocenters. The number of likely N-dealkylation sites (tertiary alicyclic amines) is 1. The van der Waals surface area contributed by atoms with Crippen LogP contribution in [0.2, 0.25) is 0 Å². The van der Waals surface area contributed by atoms with Gasteiger partial charge in [0.2, 0.25) is 0 Å². The zero-order valence-electron chi connectivity index (χ0n) is 11.6. The number of piperidine rings is 1. The number of phenols is 1. The van der Waals surface area contributed by atoms with E-state index < -0.39 is 0 Å². The maximum Gasteiger partial charge on any atom is 0.131 e. The molecule has 1 aromatic rings. The Kier molecular flexibility index (Phi) is 4.77. The molecule has 106 valence electrons. The Balaban J connectivity index is 2.07. The highest BCUT2D eigenvalue weighted by Crippen LogP contribution is 2.28. The van der Waals surface area contributed by atoms with Gasteiger partial charge in [0.1, 0.15) is 11.6 Å². The summed E-state index contributed by atoms with van der Waals surface area (Å²) >= 11 is 0. The van der Waals surface area contributed by atoms with Gasteiger partial charge in [-0.15, -0.1) is 0 Å². The van der Waals surface area contributed by atoms with E-state index in [1.165, 1.54) is 6.07 Å². The average molecular weight is 267 g/mol. The summed E-state index contributed by atoms with van der Waals surface area (Å²) in [7, 11) is 0. The summed E-state index contributed by atoms with van der Waals surface area (Å²) in [5, 5.41) is 9.27. The van der Waals surface area contributed by atoms with Crippen molar-refractivity contribution in [2.45, 2.75) is 38.8 Å². The molecule has 19 heavy (non-hydrogen) atoms. The molecule has 0 aromatic heterocycles. The van der Waals surface area contributed by atoms with Crippen molar-refractivity contribution in [3.63, 3.8) is 0 Å². The lowest BCUT2D eigenvalue weighted by Gasteiger charge is -2.36. The summed E-state index contributed by atoms with van der Waals surface area (Å²) in [4.78, 5) is 2.25. The third-order valence-electron chi connectivity index (χ3n) is 3.79. The van der Waals surface area contributed by atoms with E-state index in [0.717, 1.165) is 32.5 Å². The molecule has 2 unspecified atom stereocenters. The van der Waals surface area contributed by atoms with Crippen molar-refractivity contribution in [1.29, 1.82) is 0 Å². The molecule has 4 heteroatoms. The van der Waals surface area contributed by atoms with E-state index >= 15 is 0 Å². The standard InChI is InChI=1S/C15H22FNO2/c1-3-19-13-5-4-8-17(10-13)11(2)14-7-6-12(18)9-15(14)16/h6-7,9,11,13,18H,3-5,8,10H2,1-2H3. The maximum atomic E-state index is 13.9. The fourth-order valence-corrected chi connectivity index (χ4v) is 2.74. The molecule has 3 nitrogen and oxygen atoms in total. The number of hydrogen-bond donors (Lipinski definition) is 1. The summed E-state index contributed by atoms with van der Waals surface area (Å²) in [5.41, 5.74) is 0.634. The highest BCUT2D eigenvalue weighted by atomic mass is 19.1. The molecule has 1 heterocycles. The lowest BCUT2D eigenvalue weighted by Crippen LogP contribution is -2.41. The summed E-state index contributed by atoms with van der Waals surface area (Å²) in [6.45, 7) is 6.53. The predicted molar refractivity (Wildman–Crippen MR) is 72.7 cm³/mol. The minimum absolute atomic E-state index is 0.00357. The third-order valence-corrected chi connectivity index (χ3v) is 3.79. The van der Waals surface area contributed by atoms with Gasteiger partial charge in [-0.05, 0) is 39.3 Å². The van der Waals surface area contributed by atoms with Crippen molar-refractivity contribution in [3.05, 3.63) is 29.6 Å². The molecule has 0 saturated carbocycles. The fraction of sp³-hybridized carbons (Fsp3) is 0.600. The van der Waals surface area contributed by atoms with Crippen molar-refractivity contribution in [3.8, 4) is 5.75 Å². The highest BCUT2D eigenvalue weighted by Gasteiger charge is 2.26. The fourth-order valence-electron chi connectivity index (χ4n) is 2.74. The number of halogens is 1. The van der Waals surface area contributed by atoms with Gasteiger partial charge >= 0.3 is 0 Å². The SMILES string of the molecule is CCOC1CCCN(C(C)c2ccc(O)cc2F)C1. The molecule has 1 fully saturated rings. The van der Waals surface area contributed by atoms with Crippen LogP contribution in [-0.2, 0) is 4.74 Å². The van der Waals surface area contributed by atoms with Gasteiger partial charge in [0, 0.05) is 30.8 Å². The smallest absolute Gasteiger partial charge is 0.131 e. The Morgan fingerprint density at radius 2 is 2.32 bits per heavy atom. The minimum Gasteiger partial charge on any atom is -0.508 e. The van der Waals surface area contributed by atoms with Crippen LogP contribution in [0.3, 0.4) is 0 Å². The number of benzene rings is 1. The molecule has 0 aliphatic carbocycles. The van der Waals surface area contributed by atoms with Crippen molar-refractivity contribution in [1.82, 2.24) is 4.90 Å². The first-order valence-corrected chi connectivity index (χ1v) is 6.96. The van der Waals surface area contributed by atoms with Gasteiger partial charge in [-0.3, -0.25) is 4.90 Å². The molecule has 1 aliphatic heterocycles. The highest BCUT2D eigenvalue weighted by molar-refractivity contribution is 5.29. The molecule has 0 amide bonds. The van der Waals surface area contributed by atoms with Gasteiger partial charge in [0.05, 0.1) is 6.10 Å². The zero-order valence-corrected chi connectivity index (χ0v) is 11.6. The molecular formula is C15H22FNO2. The zero-order chi connectivity index (χ0) is 13.8. The lowest BCUT2D eigenvalue weighted by molar-refractivity contribution is -0.00579. The van der Waals surface area contributed by atoms with E-state index in [9.17, 15) is 9.50 Å². The summed E-state index contributed by atoms with van der Waals surface area (Å²) in [5.74, 6) is -0.370. The van der Waals surface area contributed by atoms with Gasteiger partial charge in [0.15, 0.2) is 0 Å². The normalized spacial score (nSPS) is 22.4. The van der Waals surface area contributed by atoms with Crippen LogP contribution >= 0.6 is 0 Å². The molecule has 1 N–H and O–H groups in total. The molecular weight excluding hydrogens is 245 g/mol. The largest absolute Gasteiger partial charge is 0.508 e. The lowest BCUT2D eigenvalue weighted by atomic mass is 10.0. The van der Waals surface area contributed by atoms with Crippen molar-refractivity contribution in [2.75, 3.05) is 19.7 Å². The number of rotatable bonds is 4. The molecule has 0 spiro atoms.